The smallest absolute Gasteiger partial charge is 0.324 e. The second-order valence-corrected chi connectivity index (χ2v) is 7.74. The number of ether oxygens (including phenoxy) is 1. The summed E-state index contributed by atoms with van der Waals surface area (Å²) >= 11 is 0. The van der Waals surface area contributed by atoms with Crippen LogP contribution < -0.4 is 4.90 Å². The number of rotatable bonds is 13. The fourth-order valence-electron chi connectivity index (χ4n) is 3.84. The van der Waals surface area contributed by atoms with Crippen LogP contribution in [0, 0.1) is 11.7 Å². The lowest BCUT2D eigenvalue weighted by Crippen LogP contribution is -2.33. The lowest BCUT2D eigenvalue weighted by Gasteiger charge is -2.22. The molecule has 0 aromatic heterocycles. The van der Waals surface area contributed by atoms with Gasteiger partial charge in [-0.3, -0.25) is 4.90 Å². The van der Waals surface area contributed by atoms with E-state index in [4.69, 9.17) is 14.9 Å². The van der Waals surface area contributed by atoms with Crippen molar-refractivity contribution < 1.29 is 24.1 Å². The van der Waals surface area contributed by atoms with Crippen molar-refractivity contribution in [2.24, 2.45) is 5.92 Å². The van der Waals surface area contributed by atoms with Gasteiger partial charge in [-0.25, -0.2) is 9.18 Å². The highest BCUT2D eigenvalue weighted by Crippen LogP contribution is 2.26. The summed E-state index contributed by atoms with van der Waals surface area (Å²) in [6.45, 7) is 5.68. The van der Waals surface area contributed by atoms with Crippen molar-refractivity contribution in [1.29, 1.82) is 0 Å². The molecule has 0 unspecified atom stereocenters. The Bertz CT molecular complexity index is 633. The van der Waals surface area contributed by atoms with Gasteiger partial charge in [-0.1, -0.05) is 45.6 Å². The number of carbonyl (C=O) groups excluding carboxylic acids is 1. The topological polar surface area (TPSA) is 73.2 Å². The summed E-state index contributed by atoms with van der Waals surface area (Å²) in [6, 6.07) is 4.51. The molecule has 1 saturated heterocycles. The molecule has 0 bridgehead atoms. The van der Waals surface area contributed by atoms with E-state index in [0.717, 1.165) is 25.8 Å². The van der Waals surface area contributed by atoms with Gasteiger partial charge in [0.15, 0.2) is 0 Å². The Balaban J connectivity index is 1.94. The Morgan fingerprint density at radius 2 is 1.79 bits per heavy atom. The predicted octanol–water partition coefficient (Wildman–Crippen LogP) is 3.54. The fraction of sp³-hybridized carbons (Fsp3) is 0.682. The van der Waals surface area contributed by atoms with E-state index in [1.807, 2.05) is 4.90 Å². The quantitative estimate of drug-likeness (QED) is 0.522. The van der Waals surface area contributed by atoms with Gasteiger partial charge in [0.2, 0.25) is 0 Å². The molecule has 6 nitrogen and oxygen atoms in total. The first kappa shape index (κ1) is 23.6. The number of nitrogens with zero attached hydrogens (tertiary/aromatic N) is 2. The third kappa shape index (κ3) is 6.66. The number of hydrogen-bond donors (Lipinski definition) is 2. The zero-order chi connectivity index (χ0) is 21.2. The maximum absolute atomic E-state index is 14.6. The Morgan fingerprint density at radius 3 is 2.38 bits per heavy atom. The number of benzene rings is 1. The van der Waals surface area contributed by atoms with Crippen molar-refractivity contribution in [1.82, 2.24) is 4.90 Å². The molecular formula is C22H35FN2O4. The van der Waals surface area contributed by atoms with Crippen molar-refractivity contribution >= 4 is 11.7 Å². The number of urea groups is 1. The van der Waals surface area contributed by atoms with Gasteiger partial charge >= 0.3 is 6.03 Å². The highest BCUT2D eigenvalue weighted by molar-refractivity contribution is 5.94. The van der Waals surface area contributed by atoms with Gasteiger partial charge in [-0.15, -0.1) is 0 Å². The molecular weight excluding hydrogens is 375 g/mol. The number of amides is 2. The number of halogens is 1. The van der Waals surface area contributed by atoms with Crippen LogP contribution in [0.4, 0.5) is 14.9 Å². The van der Waals surface area contributed by atoms with E-state index in [1.165, 1.54) is 23.8 Å². The molecule has 0 aliphatic carbocycles. The molecule has 1 heterocycles. The van der Waals surface area contributed by atoms with Crippen LogP contribution in [0.25, 0.3) is 0 Å². The lowest BCUT2D eigenvalue weighted by atomic mass is 9.95. The molecule has 2 N–H and O–H groups in total. The summed E-state index contributed by atoms with van der Waals surface area (Å²) in [4.78, 5) is 16.1. The largest absolute Gasteiger partial charge is 0.394 e. The Hall–Kier alpha value is -1.70. The van der Waals surface area contributed by atoms with Crippen LogP contribution in [0.2, 0.25) is 0 Å². The molecule has 1 aromatic rings. The normalized spacial score (nSPS) is 14.7. The van der Waals surface area contributed by atoms with Crippen molar-refractivity contribution in [3.63, 3.8) is 0 Å². The van der Waals surface area contributed by atoms with Crippen molar-refractivity contribution in [2.45, 2.75) is 58.7 Å². The third-order valence-corrected chi connectivity index (χ3v) is 5.49. The Labute approximate surface area is 173 Å². The molecule has 0 spiro atoms. The highest BCUT2D eigenvalue weighted by atomic mass is 19.1. The molecule has 0 atom stereocenters. The second-order valence-electron chi connectivity index (χ2n) is 7.74. The van der Waals surface area contributed by atoms with Gasteiger partial charge in [0.25, 0.3) is 0 Å². The lowest BCUT2D eigenvalue weighted by molar-refractivity contribution is -0.0285. The molecule has 164 valence electrons. The van der Waals surface area contributed by atoms with Crippen LogP contribution in [-0.2, 0) is 11.3 Å². The van der Waals surface area contributed by atoms with Gasteiger partial charge in [0, 0.05) is 19.6 Å². The van der Waals surface area contributed by atoms with E-state index in [9.17, 15) is 9.18 Å². The van der Waals surface area contributed by atoms with Gasteiger partial charge in [0.1, 0.15) is 11.9 Å². The molecule has 2 amide bonds. The standard InChI is InChI=1S/C22H35FN2O4/c1-3-5-17(6-4-2)9-10-24-11-12-25(22(24)28)21-8-7-18(13-20(21)23)16-29-19(14-26)15-27/h7-8,13,17,19,26-27H,3-6,9-12,14-16H2,1-2H3. The number of hydrogen-bond acceptors (Lipinski definition) is 4. The molecule has 0 radical (unpaired) electrons. The van der Waals surface area contributed by atoms with Gasteiger partial charge in [0.05, 0.1) is 25.5 Å². The van der Waals surface area contributed by atoms with Crippen LogP contribution in [0.5, 0.6) is 0 Å². The van der Waals surface area contributed by atoms with Crippen LogP contribution in [-0.4, -0.2) is 60.1 Å². The summed E-state index contributed by atoms with van der Waals surface area (Å²) in [5.74, 6) is 0.172. The highest BCUT2D eigenvalue weighted by Gasteiger charge is 2.31. The van der Waals surface area contributed by atoms with E-state index in [1.54, 1.807) is 12.1 Å². The van der Waals surface area contributed by atoms with Gasteiger partial charge in [-0.05, 0) is 30.0 Å². The molecule has 1 aliphatic rings. The number of aliphatic hydroxyl groups is 2. The minimum absolute atomic E-state index is 0.0826. The van der Waals surface area contributed by atoms with E-state index in [2.05, 4.69) is 13.8 Å². The molecule has 7 heteroatoms. The van der Waals surface area contributed by atoms with E-state index in [0.29, 0.717) is 24.6 Å². The number of carbonyl (C=O) groups is 1. The van der Waals surface area contributed by atoms with E-state index >= 15 is 0 Å². The second kappa shape index (κ2) is 12.1. The summed E-state index contributed by atoms with van der Waals surface area (Å²) in [5, 5.41) is 18.1. The molecule has 1 aliphatic heterocycles. The Kier molecular flexibility index (Phi) is 9.84. The predicted molar refractivity (Wildman–Crippen MR) is 111 cm³/mol. The first-order chi connectivity index (χ1) is 14.0. The third-order valence-electron chi connectivity index (χ3n) is 5.49. The maximum atomic E-state index is 14.6. The van der Waals surface area contributed by atoms with Crippen molar-refractivity contribution in [3.05, 3.63) is 29.6 Å². The summed E-state index contributed by atoms with van der Waals surface area (Å²) in [5.41, 5.74) is 0.865. The zero-order valence-electron chi connectivity index (χ0n) is 17.6. The molecule has 29 heavy (non-hydrogen) atoms. The average Bonchev–Trinajstić information content (AvgIpc) is 3.07. The van der Waals surface area contributed by atoms with E-state index in [-0.39, 0.29) is 31.5 Å². The molecule has 1 fully saturated rings. The molecule has 0 saturated carbocycles. The minimum atomic E-state index is -0.685. The summed E-state index contributed by atoms with van der Waals surface area (Å²) in [7, 11) is 0. The van der Waals surface area contributed by atoms with Crippen LogP contribution in [0.1, 0.15) is 51.5 Å². The monoisotopic (exact) mass is 410 g/mol. The van der Waals surface area contributed by atoms with E-state index < -0.39 is 11.9 Å². The molecule has 1 aromatic carbocycles. The Morgan fingerprint density at radius 1 is 1.10 bits per heavy atom. The van der Waals surface area contributed by atoms with Crippen LogP contribution >= 0.6 is 0 Å². The fourth-order valence-corrected chi connectivity index (χ4v) is 3.84. The molecule has 2 rings (SSSR count). The number of anilines is 1. The van der Waals surface area contributed by atoms with Gasteiger partial charge < -0.3 is 19.8 Å². The summed E-state index contributed by atoms with van der Waals surface area (Å²) < 4.78 is 20.0. The van der Waals surface area contributed by atoms with Crippen molar-refractivity contribution in [2.75, 3.05) is 37.7 Å². The van der Waals surface area contributed by atoms with Gasteiger partial charge in [-0.2, -0.15) is 0 Å². The average molecular weight is 411 g/mol. The SMILES string of the molecule is CCCC(CCC)CCN1CCN(c2ccc(COC(CO)CO)cc2F)C1=O. The minimum Gasteiger partial charge on any atom is -0.394 e. The van der Waals surface area contributed by atoms with Crippen LogP contribution in [0.3, 0.4) is 0 Å². The number of aliphatic hydroxyl groups excluding tert-OH is 2. The summed E-state index contributed by atoms with van der Waals surface area (Å²) in [6.07, 6.45) is 5.00. The first-order valence-corrected chi connectivity index (χ1v) is 10.7. The van der Waals surface area contributed by atoms with Crippen molar-refractivity contribution in [3.8, 4) is 0 Å². The van der Waals surface area contributed by atoms with Crippen LogP contribution in [0.15, 0.2) is 18.2 Å². The zero-order valence-corrected chi connectivity index (χ0v) is 17.6. The first-order valence-electron chi connectivity index (χ1n) is 10.7. The maximum Gasteiger partial charge on any atom is 0.324 e.